The molecule has 5 heteroatoms. The second-order valence-corrected chi connectivity index (χ2v) is 7.96. The Morgan fingerprint density at radius 1 is 1.19 bits per heavy atom. The van der Waals surface area contributed by atoms with Crippen molar-refractivity contribution in [3.63, 3.8) is 0 Å². The molecule has 27 heavy (non-hydrogen) atoms. The van der Waals surface area contributed by atoms with E-state index in [1.807, 2.05) is 0 Å². The molecule has 3 aliphatic heterocycles. The molecule has 0 bridgehead atoms. The predicted octanol–water partition coefficient (Wildman–Crippen LogP) is 4.62. The van der Waals surface area contributed by atoms with Gasteiger partial charge in [0.2, 0.25) is 6.79 Å². The molecule has 0 N–H and O–H groups in total. The van der Waals surface area contributed by atoms with Crippen molar-refractivity contribution in [3.05, 3.63) is 52.1 Å². The van der Waals surface area contributed by atoms with Crippen molar-refractivity contribution < 1.29 is 14.2 Å². The first-order chi connectivity index (χ1) is 13.3. The fraction of sp³-hybridized carbons (Fsp3) is 0.364. The van der Waals surface area contributed by atoms with Crippen LogP contribution in [-0.4, -0.2) is 30.7 Å². The van der Waals surface area contributed by atoms with E-state index in [4.69, 9.17) is 14.2 Å². The molecule has 0 atom stereocenters. The second kappa shape index (κ2) is 6.79. The maximum Gasteiger partial charge on any atom is 0.231 e. The van der Waals surface area contributed by atoms with Crippen LogP contribution < -0.4 is 14.2 Å². The van der Waals surface area contributed by atoms with Gasteiger partial charge >= 0.3 is 0 Å². The Hall–Kier alpha value is -2.14. The Bertz CT molecular complexity index is 938. The van der Waals surface area contributed by atoms with Gasteiger partial charge in [-0.3, -0.25) is 0 Å². The van der Waals surface area contributed by atoms with Crippen LogP contribution in [0.25, 0.3) is 11.8 Å². The molecule has 0 saturated carbocycles. The van der Waals surface area contributed by atoms with E-state index in [1.54, 1.807) is 7.11 Å². The van der Waals surface area contributed by atoms with Crippen molar-refractivity contribution in [2.45, 2.75) is 25.8 Å². The highest BCUT2D eigenvalue weighted by atomic mass is 79.9. The molecule has 5 rings (SSSR count). The summed E-state index contributed by atoms with van der Waals surface area (Å²) in [4.78, 5) is 2.49. The third kappa shape index (κ3) is 2.80. The zero-order valence-corrected chi connectivity index (χ0v) is 17.0. The molecule has 3 heterocycles. The largest absolute Gasteiger partial charge is 0.496 e. The molecule has 140 valence electrons. The van der Waals surface area contributed by atoms with Gasteiger partial charge in [-0.25, -0.2) is 0 Å². The van der Waals surface area contributed by atoms with E-state index in [9.17, 15) is 0 Å². The van der Waals surface area contributed by atoms with Gasteiger partial charge in [-0.2, -0.15) is 0 Å². The number of benzene rings is 2. The maximum atomic E-state index is 5.67. The van der Waals surface area contributed by atoms with Gasteiger partial charge < -0.3 is 19.1 Å². The average Bonchev–Trinajstić information content (AvgIpc) is 3.16. The zero-order valence-electron chi connectivity index (χ0n) is 15.4. The smallest absolute Gasteiger partial charge is 0.231 e. The van der Waals surface area contributed by atoms with Gasteiger partial charge in [-0.15, -0.1) is 0 Å². The average molecular weight is 428 g/mol. The summed E-state index contributed by atoms with van der Waals surface area (Å²) in [5, 5.41) is 1.01. The summed E-state index contributed by atoms with van der Waals surface area (Å²) in [5.74, 6) is 2.74. The van der Waals surface area contributed by atoms with E-state index in [0.29, 0.717) is 6.79 Å². The van der Waals surface area contributed by atoms with E-state index in [2.05, 4.69) is 51.2 Å². The first-order valence-corrected chi connectivity index (χ1v) is 10.5. The van der Waals surface area contributed by atoms with E-state index in [1.165, 1.54) is 33.5 Å². The molecule has 0 saturated heterocycles. The van der Waals surface area contributed by atoms with Crippen LogP contribution in [0.5, 0.6) is 17.2 Å². The Morgan fingerprint density at radius 2 is 2.04 bits per heavy atom. The van der Waals surface area contributed by atoms with Gasteiger partial charge in [0.1, 0.15) is 5.75 Å². The topological polar surface area (TPSA) is 30.9 Å². The predicted molar refractivity (Wildman–Crippen MR) is 110 cm³/mol. The Morgan fingerprint density at radius 3 is 2.85 bits per heavy atom. The number of hydrogen-bond acceptors (Lipinski definition) is 4. The van der Waals surface area contributed by atoms with Gasteiger partial charge in [-0.05, 0) is 65.8 Å². The number of hydrogen-bond donors (Lipinski definition) is 0. The lowest BCUT2D eigenvalue weighted by molar-refractivity contribution is 0.174. The number of fused-ring (bicyclic) bond motifs is 5. The van der Waals surface area contributed by atoms with Crippen LogP contribution >= 0.6 is 15.9 Å². The lowest BCUT2D eigenvalue weighted by Crippen LogP contribution is -2.31. The number of rotatable bonds is 4. The van der Waals surface area contributed by atoms with Crippen molar-refractivity contribution in [3.8, 4) is 17.2 Å². The molecule has 0 spiro atoms. The van der Waals surface area contributed by atoms with Crippen LogP contribution in [0.15, 0.2) is 24.3 Å². The molecular formula is C22H22BrNO3. The molecule has 0 amide bonds. The molecule has 0 fully saturated rings. The second-order valence-electron chi connectivity index (χ2n) is 7.17. The SMILES string of the molecule is COc1ccc2c(c1CCCBr)CN1CCc3cc4c(cc3C1=C2)OCO4. The summed E-state index contributed by atoms with van der Waals surface area (Å²) < 4.78 is 16.8. The fourth-order valence-electron chi connectivity index (χ4n) is 4.37. The first-order valence-electron chi connectivity index (χ1n) is 9.42. The van der Waals surface area contributed by atoms with Crippen LogP contribution in [0.4, 0.5) is 0 Å². The van der Waals surface area contributed by atoms with Gasteiger partial charge in [0.05, 0.1) is 7.11 Å². The lowest BCUT2D eigenvalue weighted by atomic mass is 9.88. The summed E-state index contributed by atoms with van der Waals surface area (Å²) in [6, 6.07) is 8.60. The molecule has 0 unspecified atom stereocenters. The normalized spacial score (nSPS) is 16.4. The molecule has 0 radical (unpaired) electrons. The Kier molecular flexibility index (Phi) is 4.27. The standard InChI is InChI=1S/C22H22BrNO3/c1-25-20-5-4-14-9-19-17-11-22-21(26-13-27-22)10-15(17)6-8-24(19)12-18(14)16(20)3-2-7-23/h4-5,9-11H,2-3,6-8,12-13H2,1H3. The van der Waals surface area contributed by atoms with Gasteiger partial charge in [0.15, 0.2) is 11.5 Å². The summed E-state index contributed by atoms with van der Waals surface area (Å²) >= 11 is 3.56. The van der Waals surface area contributed by atoms with Crippen molar-refractivity contribution in [1.82, 2.24) is 4.90 Å². The van der Waals surface area contributed by atoms with E-state index in [-0.39, 0.29) is 0 Å². The minimum Gasteiger partial charge on any atom is -0.496 e. The molecule has 3 aliphatic rings. The van der Waals surface area contributed by atoms with E-state index < -0.39 is 0 Å². The summed E-state index contributed by atoms with van der Waals surface area (Å²) in [7, 11) is 1.77. The van der Waals surface area contributed by atoms with Crippen molar-refractivity contribution in [1.29, 1.82) is 0 Å². The summed E-state index contributed by atoms with van der Waals surface area (Å²) in [6.45, 7) is 2.28. The maximum absolute atomic E-state index is 5.67. The number of methoxy groups -OCH3 is 1. The number of halogens is 1. The highest BCUT2D eigenvalue weighted by molar-refractivity contribution is 9.09. The number of nitrogens with zero attached hydrogens (tertiary/aromatic N) is 1. The van der Waals surface area contributed by atoms with Crippen molar-refractivity contribution in [2.24, 2.45) is 0 Å². The van der Waals surface area contributed by atoms with Crippen LogP contribution in [0.1, 0.15) is 34.2 Å². The highest BCUT2D eigenvalue weighted by Crippen LogP contribution is 2.44. The highest BCUT2D eigenvalue weighted by Gasteiger charge is 2.29. The number of ether oxygens (including phenoxy) is 3. The van der Waals surface area contributed by atoms with E-state index >= 15 is 0 Å². The Labute approximate surface area is 167 Å². The number of alkyl halides is 1. The monoisotopic (exact) mass is 427 g/mol. The van der Waals surface area contributed by atoms with Crippen LogP contribution in [0.2, 0.25) is 0 Å². The minimum absolute atomic E-state index is 0.320. The van der Waals surface area contributed by atoms with Crippen LogP contribution in [0.3, 0.4) is 0 Å². The van der Waals surface area contributed by atoms with Crippen molar-refractivity contribution in [2.75, 3.05) is 25.8 Å². The lowest BCUT2D eigenvalue weighted by Gasteiger charge is -2.37. The Balaban J connectivity index is 1.61. The minimum atomic E-state index is 0.320. The summed E-state index contributed by atoms with van der Waals surface area (Å²) in [5.41, 5.74) is 7.97. The van der Waals surface area contributed by atoms with Crippen LogP contribution in [-0.2, 0) is 19.4 Å². The third-order valence-corrected chi connectivity index (χ3v) is 6.27. The summed E-state index contributed by atoms with van der Waals surface area (Å²) in [6.07, 6.45) is 5.50. The first kappa shape index (κ1) is 17.0. The molecular weight excluding hydrogens is 406 g/mol. The van der Waals surface area contributed by atoms with Crippen molar-refractivity contribution >= 4 is 27.7 Å². The molecule has 0 aliphatic carbocycles. The van der Waals surface area contributed by atoms with Gasteiger partial charge in [0.25, 0.3) is 0 Å². The molecule has 2 aromatic carbocycles. The molecule has 2 aromatic rings. The zero-order chi connectivity index (χ0) is 18.4. The van der Waals surface area contributed by atoms with Gasteiger partial charge in [0, 0.05) is 29.7 Å². The quantitative estimate of drug-likeness (QED) is 0.665. The molecule has 4 nitrogen and oxygen atoms in total. The third-order valence-electron chi connectivity index (χ3n) is 5.71. The van der Waals surface area contributed by atoms with Gasteiger partial charge in [-0.1, -0.05) is 22.0 Å². The fourth-order valence-corrected chi connectivity index (χ4v) is 4.65. The van der Waals surface area contributed by atoms with E-state index in [0.717, 1.165) is 54.9 Å². The molecule has 0 aromatic heterocycles. The van der Waals surface area contributed by atoms with Crippen LogP contribution in [0, 0.1) is 0 Å².